The minimum atomic E-state index is -0.252. The van der Waals surface area contributed by atoms with Crippen LogP contribution in [0.5, 0.6) is 0 Å². The topological polar surface area (TPSA) is 75.9 Å². The van der Waals surface area contributed by atoms with Gasteiger partial charge >= 0.3 is 0 Å². The normalized spacial score (nSPS) is 15.2. The van der Waals surface area contributed by atoms with Crippen LogP contribution in [-0.2, 0) is 16.1 Å². The molecule has 1 aliphatic heterocycles. The van der Waals surface area contributed by atoms with Crippen LogP contribution < -0.4 is 10.9 Å². The highest BCUT2D eigenvalue weighted by atomic mass is 32.2. The number of aromatic nitrogens is 2. The monoisotopic (exact) mass is 466 g/mol. The van der Waals surface area contributed by atoms with Gasteiger partial charge in [-0.1, -0.05) is 60.4 Å². The standard InChI is InChI=1S/C23H22N4O3S2/c1-30-13-7-11-24-20-17(21(28)26-12-6-5-10-19(26)25-20)14-18-22(29)27(23(31)32-18)15-16-8-3-2-4-9-16/h2-6,8-10,12,14,24H,7,11,13,15H2,1H3. The van der Waals surface area contributed by atoms with Crippen LogP contribution in [0, 0.1) is 0 Å². The molecule has 4 rings (SSSR count). The van der Waals surface area contributed by atoms with Crippen LogP contribution in [0.1, 0.15) is 17.5 Å². The zero-order valence-corrected chi connectivity index (χ0v) is 19.1. The Bertz CT molecular complexity index is 1240. The first kappa shape index (κ1) is 22.2. The lowest BCUT2D eigenvalue weighted by Crippen LogP contribution is -2.27. The van der Waals surface area contributed by atoms with E-state index in [9.17, 15) is 9.59 Å². The number of methoxy groups -OCH3 is 1. The number of ether oxygens (including phenoxy) is 1. The molecule has 7 nitrogen and oxygen atoms in total. The molecule has 1 aromatic carbocycles. The number of amides is 1. The number of pyridine rings is 1. The molecule has 0 aliphatic carbocycles. The molecule has 0 atom stereocenters. The van der Waals surface area contributed by atoms with Crippen molar-refractivity contribution in [3.05, 3.63) is 81.1 Å². The molecular weight excluding hydrogens is 444 g/mol. The largest absolute Gasteiger partial charge is 0.385 e. The van der Waals surface area contributed by atoms with Gasteiger partial charge in [-0.05, 0) is 30.2 Å². The predicted molar refractivity (Wildman–Crippen MR) is 132 cm³/mol. The first-order valence-corrected chi connectivity index (χ1v) is 11.3. The first-order chi connectivity index (χ1) is 15.6. The third-order valence-electron chi connectivity index (χ3n) is 4.92. The van der Waals surface area contributed by atoms with Crippen LogP contribution in [0.15, 0.2) is 64.4 Å². The van der Waals surface area contributed by atoms with E-state index in [1.807, 2.05) is 36.4 Å². The quantitative estimate of drug-likeness (QED) is 0.309. The molecule has 3 aromatic rings. The molecule has 1 saturated heterocycles. The van der Waals surface area contributed by atoms with Crippen molar-refractivity contribution in [3.63, 3.8) is 0 Å². The molecule has 1 fully saturated rings. The Labute approximate surface area is 195 Å². The summed E-state index contributed by atoms with van der Waals surface area (Å²) in [6, 6.07) is 15.0. The third kappa shape index (κ3) is 4.74. The molecule has 9 heteroatoms. The zero-order valence-electron chi connectivity index (χ0n) is 17.5. The van der Waals surface area contributed by atoms with Gasteiger partial charge in [0.2, 0.25) is 0 Å². The maximum atomic E-state index is 13.2. The van der Waals surface area contributed by atoms with E-state index in [-0.39, 0.29) is 11.5 Å². The maximum Gasteiger partial charge on any atom is 0.267 e. The summed E-state index contributed by atoms with van der Waals surface area (Å²) < 4.78 is 7.03. The summed E-state index contributed by atoms with van der Waals surface area (Å²) in [5.41, 5.74) is 1.59. The molecule has 0 spiro atoms. The van der Waals surface area contributed by atoms with Crippen LogP contribution in [0.25, 0.3) is 11.7 Å². The molecule has 0 unspecified atom stereocenters. The number of hydrogen-bond donors (Lipinski definition) is 1. The number of benzene rings is 1. The summed E-state index contributed by atoms with van der Waals surface area (Å²) in [5, 5.41) is 3.22. The van der Waals surface area contributed by atoms with Gasteiger partial charge in [-0.3, -0.25) is 18.9 Å². The average molecular weight is 467 g/mol. The molecule has 0 bridgehead atoms. The summed E-state index contributed by atoms with van der Waals surface area (Å²) >= 11 is 6.65. The predicted octanol–water partition coefficient (Wildman–Crippen LogP) is 3.54. The molecule has 32 heavy (non-hydrogen) atoms. The van der Waals surface area contributed by atoms with Crippen LogP contribution in [0.3, 0.4) is 0 Å². The minimum absolute atomic E-state index is 0.216. The van der Waals surface area contributed by atoms with Crippen molar-refractivity contribution in [2.24, 2.45) is 0 Å². The number of nitrogens with zero attached hydrogens (tertiary/aromatic N) is 3. The van der Waals surface area contributed by atoms with Gasteiger partial charge in [0.15, 0.2) is 0 Å². The third-order valence-corrected chi connectivity index (χ3v) is 6.30. The van der Waals surface area contributed by atoms with E-state index in [1.165, 1.54) is 16.2 Å². The smallest absolute Gasteiger partial charge is 0.267 e. The van der Waals surface area contributed by atoms with Gasteiger partial charge in [0, 0.05) is 26.5 Å². The molecule has 0 radical (unpaired) electrons. The lowest BCUT2D eigenvalue weighted by molar-refractivity contribution is -0.122. The first-order valence-electron chi connectivity index (χ1n) is 10.1. The van der Waals surface area contributed by atoms with Gasteiger partial charge in [0.1, 0.15) is 15.8 Å². The second kappa shape index (κ2) is 10.1. The molecule has 0 saturated carbocycles. The van der Waals surface area contributed by atoms with Gasteiger partial charge in [0.05, 0.1) is 17.0 Å². The van der Waals surface area contributed by atoms with Crippen LogP contribution in [0.4, 0.5) is 5.82 Å². The molecule has 1 aliphatic rings. The van der Waals surface area contributed by atoms with Crippen LogP contribution >= 0.6 is 24.0 Å². The lowest BCUT2D eigenvalue weighted by Gasteiger charge is -2.14. The van der Waals surface area contributed by atoms with Crippen molar-refractivity contribution in [2.45, 2.75) is 13.0 Å². The summed E-state index contributed by atoms with van der Waals surface area (Å²) in [6.07, 6.45) is 4.01. The van der Waals surface area contributed by atoms with Crippen LogP contribution in [-0.4, -0.2) is 44.8 Å². The van der Waals surface area contributed by atoms with Gasteiger partial charge in [-0.2, -0.15) is 0 Å². The number of carbonyl (C=O) groups is 1. The Morgan fingerprint density at radius 2 is 1.94 bits per heavy atom. The van der Waals surface area contributed by atoms with E-state index < -0.39 is 0 Å². The van der Waals surface area contributed by atoms with E-state index in [2.05, 4.69) is 10.3 Å². The highest BCUT2D eigenvalue weighted by Gasteiger charge is 2.32. The Balaban J connectivity index is 1.68. The highest BCUT2D eigenvalue weighted by molar-refractivity contribution is 8.26. The van der Waals surface area contributed by atoms with E-state index in [4.69, 9.17) is 17.0 Å². The molecule has 164 valence electrons. The number of fused-ring (bicyclic) bond motifs is 1. The van der Waals surface area contributed by atoms with E-state index >= 15 is 0 Å². The van der Waals surface area contributed by atoms with Crippen molar-refractivity contribution < 1.29 is 9.53 Å². The number of anilines is 1. The fraction of sp³-hybridized carbons (Fsp3) is 0.217. The summed E-state index contributed by atoms with van der Waals surface area (Å²) in [5.74, 6) is 0.220. The molecule has 1 N–H and O–H groups in total. The number of thioether (sulfide) groups is 1. The van der Waals surface area contributed by atoms with Crippen LogP contribution in [0.2, 0.25) is 0 Å². The van der Waals surface area contributed by atoms with E-state index in [0.717, 1.165) is 12.0 Å². The fourth-order valence-corrected chi connectivity index (χ4v) is 4.56. The van der Waals surface area contributed by atoms with Gasteiger partial charge in [0.25, 0.3) is 11.5 Å². The number of thiocarbonyl (C=S) groups is 1. The summed E-state index contributed by atoms with van der Waals surface area (Å²) in [6.45, 7) is 1.56. The molecule has 3 heterocycles. The highest BCUT2D eigenvalue weighted by Crippen LogP contribution is 2.34. The minimum Gasteiger partial charge on any atom is -0.385 e. The van der Waals surface area contributed by atoms with Crippen molar-refractivity contribution >= 4 is 51.7 Å². The van der Waals surface area contributed by atoms with Crippen molar-refractivity contribution in [1.29, 1.82) is 0 Å². The second-order valence-electron chi connectivity index (χ2n) is 7.13. The Morgan fingerprint density at radius 3 is 2.72 bits per heavy atom. The second-order valence-corrected chi connectivity index (χ2v) is 8.81. The van der Waals surface area contributed by atoms with Gasteiger partial charge in [-0.25, -0.2) is 4.98 Å². The Morgan fingerprint density at radius 1 is 1.16 bits per heavy atom. The molecule has 1 amide bonds. The SMILES string of the molecule is COCCCNc1nc2ccccn2c(=O)c1C=C1SC(=S)N(Cc2ccccc2)C1=O. The average Bonchev–Trinajstić information content (AvgIpc) is 3.07. The molecular formula is C23H22N4O3S2. The van der Waals surface area contributed by atoms with E-state index in [0.29, 0.717) is 46.0 Å². The number of carbonyl (C=O) groups excluding carboxylic acids is 1. The van der Waals surface area contributed by atoms with Gasteiger partial charge in [-0.15, -0.1) is 0 Å². The summed E-state index contributed by atoms with van der Waals surface area (Å²) in [4.78, 5) is 32.9. The van der Waals surface area contributed by atoms with Crippen molar-refractivity contribution in [2.75, 3.05) is 25.6 Å². The van der Waals surface area contributed by atoms with Gasteiger partial charge < -0.3 is 10.1 Å². The maximum absolute atomic E-state index is 13.2. The number of rotatable bonds is 8. The molecule has 2 aromatic heterocycles. The lowest BCUT2D eigenvalue weighted by atomic mass is 10.2. The van der Waals surface area contributed by atoms with E-state index in [1.54, 1.807) is 36.4 Å². The zero-order chi connectivity index (χ0) is 22.5. The summed E-state index contributed by atoms with van der Waals surface area (Å²) in [7, 11) is 1.64. The number of hydrogen-bond acceptors (Lipinski definition) is 7. The fourth-order valence-electron chi connectivity index (χ4n) is 3.32. The van der Waals surface area contributed by atoms with Crippen molar-refractivity contribution in [3.8, 4) is 0 Å². The van der Waals surface area contributed by atoms with Crippen molar-refractivity contribution in [1.82, 2.24) is 14.3 Å². The number of nitrogens with one attached hydrogen (secondary N) is 1. The Kier molecular flexibility index (Phi) is 6.99. The Hall–Kier alpha value is -3.01.